The van der Waals surface area contributed by atoms with Gasteiger partial charge in [0.15, 0.2) is 0 Å². The number of ether oxygens (including phenoxy) is 2. The SMILES string of the molecule is C=C1CCC2[C@](C)(CCC[C@]2(C)C(=O)OC)[C@H]1C[C@@H](O)/C(C)=C/CC/C=C(\C)[C@H](O)C[C@H]1C(=C)CCC2[C@]1(C)CCC[C@]2(C)C(=O)OC. The number of hydrogen-bond acceptors (Lipinski definition) is 6. The summed E-state index contributed by atoms with van der Waals surface area (Å²) in [6.45, 7) is 21.7. The fraction of sp³-hybridized carbons (Fsp3) is 0.762. The molecule has 270 valence electrons. The Balaban J connectivity index is 1.37. The van der Waals surface area contributed by atoms with Gasteiger partial charge in [0.05, 0.1) is 37.3 Å². The van der Waals surface area contributed by atoms with E-state index in [4.69, 9.17) is 9.47 Å². The molecular formula is C42H66O6. The normalized spacial score (nSPS) is 38.8. The molecule has 0 saturated heterocycles. The van der Waals surface area contributed by atoms with E-state index in [1.54, 1.807) is 0 Å². The Morgan fingerprint density at radius 1 is 0.729 bits per heavy atom. The lowest BCUT2D eigenvalue weighted by Gasteiger charge is -2.57. The molecule has 6 heteroatoms. The summed E-state index contributed by atoms with van der Waals surface area (Å²) in [5.41, 5.74) is 3.17. The number of allylic oxidation sites excluding steroid dienone is 4. The predicted molar refractivity (Wildman–Crippen MR) is 193 cm³/mol. The maximum Gasteiger partial charge on any atom is 0.311 e. The summed E-state index contributed by atoms with van der Waals surface area (Å²) in [5, 5.41) is 22.8. The largest absolute Gasteiger partial charge is 0.469 e. The van der Waals surface area contributed by atoms with Gasteiger partial charge in [-0.05, 0) is 150 Å². The number of carbonyl (C=O) groups is 2. The number of esters is 2. The fourth-order valence-electron chi connectivity index (χ4n) is 11.4. The lowest BCUT2D eigenvalue weighted by Crippen LogP contribution is -2.54. The van der Waals surface area contributed by atoms with Crippen LogP contribution >= 0.6 is 0 Å². The van der Waals surface area contributed by atoms with Gasteiger partial charge in [0.2, 0.25) is 0 Å². The van der Waals surface area contributed by atoms with Gasteiger partial charge in [-0.25, -0.2) is 0 Å². The molecule has 0 amide bonds. The van der Waals surface area contributed by atoms with Crippen LogP contribution in [0.2, 0.25) is 0 Å². The first-order valence-electron chi connectivity index (χ1n) is 18.7. The highest BCUT2D eigenvalue weighted by Crippen LogP contribution is 2.63. The molecule has 4 saturated carbocycles. The van der Waals surface area contributed by atoms with E-state index in [1.165, 1.54) is 25.4 Å². The second kappa shape index (κ2) is 15.0. The first kappa shape index (κ1) is 38.6. The summed E-state index contributed by atoms with van der Waals surface area (Å²) in [7, 11) is 2.99. The van der Waals surface area contributed by atoms with Crippen molar-refractivity contribution in [1.29, 1.82) is 0 Å². The lowest BCUT2D eigenvalue weighted by molar-refractivity contribution is -0.168. The molecule has 4 fully saturated rings. The van der Waals surface area contributed by atoms with Crippen LogP contribution < -0.4 is 0 Å². The van der Waals surface area contributed by atoms with Crippen LogP contribution in [0.25, 0.3) is 0 Å². The van der Waals surface area contributed by atoms with E-state index in [1.807, 2.05) is 13.8 Å². The van der Waals surface area contributed by atoms with Crippen molar-refractivity contribution in [3.63, 3.8) is 0 Å². The van der Waals surface area contributed by atoms with E-state index < -0.39 is 23.0 Å². The average Bonchev–Trinajstić information content (AvgIpc) is 3.04. The fourth-order valence-corrected chi connectivity index (χ4v) is 11.4. The molecule has 0 heterocycles. The monoisotopic (exact) mass is 666 g/mol. The van der Waals surface area contributed by atoms with Crippen molar-refractivity contribution in [2.75, 3.05) is 14.2 Å². The first-order valence-corrected chi connectivity index (χ1v) is 18.7. The molecule has 0 radical (unpaired) electrons. The van der Waals surface area contributed by atoms with E-state index in [2.05, 4.69) is 53.0 Å². The molecule has 0 aliphatic heterocycles. The third-order valence-electron chi connectivity index (χ3n) is 14.4. The average molecular weight is 667 g/mol. The van der Waals surface area contributed by atoms with E-state index in [9.17, 15) is 19.8 Å². The van der Waals surface area contributed by atoms with Crippen LogP contribution in [0.4, 0.5) is 0 Å². The zero-order valence-corrected chi connectivity index (χ0v) is 31.5. The van der Waals surface area contributed by atoms with Crippen molar-refractivity contribution in [2.45, 2.75) is 144 Å². The van der Waals surface area contributed by atoms with Crippen LogP contribution in [0.3, 0.4) is 0 Å². The van der Waals surface area contributed by atoms with Crippen LogP contribution in [0, 0.1) is 45.3 Å². The third-order valence-corrected chi connectivity index (χ3v) is 14.4. The minimum atomic E-state index is -0.568. The van der Waals surface area contributed by atoms with Gasteiger partial charge in [0.1, 0.15) is 0 Å². The molecule has 6 nitrogen and oxygen atoms in total. The number of rotatable bonds is 11. The standard InChI is InChI=1S/C42H66O6/c1-27-17-19-35-39(5,21-13-23-41(35,7)37(45)47-9)31(27)25-33(43)29(3)15-11-12-16-30(4)34(44)26-32-28(2)18-20-36-40(32,6)22-14-24-42(36,8)38(46)48-10/h15-16,31-36,43-44H,1-2,11-14,17-26H2,3-10H3/b29-15+,30-16+/t31-,32-,33+,34+,35?,36?,39+,40+,41-,42-/m0/s1. The van der Waals surface area contributed by atoms with Crippen LogP contribution in [-0.2, 0) is 19.1 Å². The van der Waals surface area contributed by atoms with E-state index >= 15 is 0 Å². The third kappa shape index (κ3) is 7.04. The van der Waals surface area contributed by atoms with Gasteiger partial charge in [-0.1, -0.05) is 63.1 Å². The van der Waals surface area contributed by atoms with Crippen molar-refractivity contribution in [3.05, 3.63) is 47.6 Å². The Morgan fingerprint density at radius 3 is 1.42 bits per heavy atom. The lowest BCUT2D eigenvalue weighted by atomic mass is 9.46. The second-order valence-electron chi connectivity index (χ2n) is 17.1. The Hall–Kier alpha value is -2.18. The predicted octanol–water partition coefficient (Wildman–Crippen LogP) is 9.07. The molecular weight excluding hydrogens is 600 g/mol. The second-order valence-corrected chi connectivity index (χ2v) is 17.1. The molecule has 0 bridgehead atoms. The number of unbranched alkanes of at least 4 members (excludes halogenated alkanes) is 1. The number of aliphatic hydroxyl groups excluding tert-OH is 2. The minimum Gasteiger partial charge on any atom is -0.469 e. The summed E-state index contributed by atoms with van der Waals surface area (Å²) >= 11 is 0. The highest BCUT2D eigenvalue weighted by Gasteiger charge is 2.59. The summed E-state index contributed by atoms with van der Waals surface area (Å²) < 4.78 is 10.6. The van der Waals surface area contributed by atoms with Gasteiger partial charge >= 0.3 is 11.9 Å². The van der Waals surface area contributed by atoms with Crippen molar-refractivity contribution < 1.29 is 29.3 Å². The van der Waals surface area contributed by atoms with Crippen molar-refractivity contribution in [2.24, 2.45) is 45.3 Å². The quantitative estimate of drug-likeness (QED) is 0.130. The molecule has 0 aromatic heterocycles. The van der Waals surface area contributed by atoms with Crippen LogP contribution in [0.1, 0.15) is 131 Å². The minimum absolute atomic E-state index is 0.0932. The van der Waals surface area contributed by atoms with E-state index in [0.29, 0.717) is 12.8 Å². The number of hydrogen-bond donors (Lipinski definition) is 2. The number of fused-ring (bicyclic) bond motifs is 2. The number of aliphatic hydroxyl groups is 2. The van der Waals surface area contributed by atoms with Gasteiger partial charge in [-0.3, -0.25) is 9.59 Å². The molecule has 4 aliphatic rings. The molecule has 10 atom stereocenters. The van der Waals surface area contributed by atoms with Gasteiger partial charge < -0.3 is 19.7 Å². The summed E-state index contributed by atoms with van der Waals surface area (Å²) in [4.78, 5) is 25.9. The smallest absolute Gasteiger partial charge is 0.311 e. The van der Waals surface area contributed by atoms with Crippen LogP contribution in [0.15, 0.2) is 47.6 Å². The maximum absolute atomic E-state index is 12.9. The molecule has 2 N–H and O–H groups in total. The van der Waals surface area contributed by atoms with Gasteiger partial charge in [-0.15, -0.1) is 0 Å². The zero-order chi connectivity index (χ0) is 35.7. The molecule has 48 heavy (non-hydrogen) atoms. The zero-order valence-electron chi connectivity index (χ0n) is 31.5. The summed E-state index contributed by atoms with van der Waals surface area (Å²) in [5.74, 6) is 0.531. The van der Waals surface area contributed by atoms with Crippen molar-refractivity contribution in [1.82, 2.24) is 0 Å². The van der Waals surface area contributed by atoms with E-state index in [0.717, 1.165) is 88.2 Å². The van der Waals surface area contributed by atoms with Crippen LogP contribution in [0.5, 0.6) is 0 Å². The van der Waals surface area contributed by atoms with Crippen molar-refractivity contribution >= 4 is 11.9 Å². The van der Waals surface area contributed by atoms with Gasteiger partial charge in [0, 0.05) is 0 Å². The Labute approximate surface area is 291 Å². The Kier molecular flexibility index (Phi) is 12.0. The molecule has 2 unspecified atom stereocenters. The van der Waals surface area contributed by atoms with E-state index in [-0.39, 0.29) is 46.4 Å². The number of methoxy groups -OCH3 is 2. The topological polar surface area (TPSA) is 93.1 Å². The number of carbonyl (C=O) groups excluding carboxylic acids is 2. The summed E-state index contributed by atoms with van der Waals surface area (Å²) in [6.07, 6.45) is 15.4. The molecule has 0 aromatic carbocycles. The molecule has 4 aliphatic carbocycles. The first-order chi connectivity index (χ1) is 22.5. The van der Waals surface area contributed by atoms with Gasteiger partial charge in [0.25, 0.3) is 0 Å². The van der Waals surface area contributed by atoms with Crippen molar-refractivity contribution in [3.8, 4) is 0 Å². The molecule has 0 aromatic rings. The Morgan fingerprint density at radius 2 is 1.08 bits per heavy atom. The molecule has 0 spiro atoms. The van der Waals surface area contributed by atoms with Gasteiger partial charge in [-0.2, -0.15) is 0 Å². The Bertz CT molecular complexity index is 1200. The maximum atomic E-state index is 12.9. The highest BCUT2D eigenvalue weighted by molar-refractivity contribution is 5.77. The van der Waals surface area contributed by atoms with Crippen LogP contribution in [-0.4, -0.2) is 48.6 Å². The molecule has 4 rings (SSSR count). The highest BCUT2D eigenvalue weighted by atomic mass is 16.5. The summed E-state index contributed by atoms with van der Waals surface area (Å²) in [6, 6.07) is 0.